The van der Waals surface area contributed by atoms with Crippen LogP contribution in [0.5, 0.6) is 0 Å². The van der Waals surface area contributed by atoms with Gasteiger partial charge in [-0.3, -0.25) is 4.79 Å². The second-order valence-corrected chi connectivity index (χ2v) is 6.72. The zero-order valence-corrected chi connectivity index (χ0v) is 14.2. The van der Waals surface area contributed by atoms with Gasteiger partial charge in [0.15, 0.2) is 0 Å². The molecule has 2 aliphatic heterocycles. The van der Waals surface area contributed by atoms with E-state index in [0.29, 0.717) is 12.0 Å². The van der Waals surface area contributed by atoms with Crippen molar-refractivity contribution < 1.29 is 14.3 Å². The molecule has 0 bridgehead atoms. The van der Waals surface area contributed by atoms with E-state index in [1.54, 1.807) is 0 Å². The molecule has 2 heterocycles. The van der Waals surface area contributed by atoms with Crippen molar-refractivity contribution in [2.45, 2.75) is 45.6 Å². The Labute approximate surface area is 134 Å². The third-order valence-electron chi connectivity index (χ3n) is 4.87. The topological polar surface area (TPSA) is 50.8 Å². The van der Waals surface area contributed by atoms with Crippen LogP contribution in [0.1, 0.15) is 39.5 Å². The van der Waals surface area contributed by atoms with E-state index in [9.17, 15) is 4.79 Å². The molecule has 2 fully saturated rings. The fraction of sp³-hybridized carbons (Fsp3) is 0.941. The molecule has 5 heteroatoms. The molecule has 0 spiro atoms. The number of hydrogen-bond acceptors (Lipinski definition) is 4. The third kappa shape index (κ3) is 5.86. The van der Waals surface area contributed by atoms with E-state index in [1.165, 1.54) is 0 Å². The number of hydrogen-bond donors (Lipinski definition) is 1. The lowest BCUT2D eigenvalue weighted by atomic mass is 9.87. The smallest absolute Gasteiger partial charge is 0.223 e. The minimum absolute atomic E-state index is 0.107. The minimum Gasteiger partial charge on any atom is -0.381 e. The van der Waals surface area contributed by atoms with Crippen molar-refractivity contribution in [1.82, 2.24) is 10.2 Å². The summed E-state index contributed by atoms with van der Waals surface area (Å²) in [5.41, 5.74) is 0. The summed E-state index contributed by atoms with van der Waals surface area (Å²) in [6.07, 6.45) is 4.47. The Kier molecular flexibility index (Phi) is 7.63. The molecule has 0 aromatic heterocycles. The fourth-order valence-corrected chi connectivity index (χ4v) is 3.39. The molecule has 0 aromatic carbocycles. The van der Waals surface area contributed by atoms with E-state index in [-0.39, 0.29) is 11.8 Å². The molecule has 0 aromatic rings. The van der Waals surface area contributed by atoms with E-state index < -0.39 is 0 Å². The summed E-state index contributed by atoms with van der Waals surface area (Å²) in [7, 11) is 0. The Morgan fingerprint density at radius 2 is 2.09 bits per heavy atom. The lowest BCUT2D eigenvalue weighted by Gasteiger charge is -2.27. The van der Waals surface area contributed by atoms with Gasteiger partial charge in [0, 0.05) is 45.4 Å². The van der Waals surface area contributed by atoms with Crippen LogP contribution in [0.25, 0.3) is 0 Å². The monoisotopic (exact) mass is 312 g/mol. The summed E-state index contributed by atoms with van der Waals surface area (Å²) in [5.74, 6) is 0.798. The standard InChI is InChI=1S/C17H32N2O3/c1-14-13-19(9-4-10-22-14)8-3-7-18-17(20)15(2)16-5-11-21-12-6-16/h14-16H,3-13H2,1-2H3,(H,18,20)/t14-,15-/m1/s1. The Morgan fingerprint density at radius 1 is 1.32 bits per heavy atom. The van der Waals surface area contributed by atoms with Gasteiger partial charge in [0.1, 0.15) is 0 Å². The largest absolute Gasteiger partial charge is 0.381 e. The average Bonchev–Trinajstić information content (AvgIpc) is 2.75. The quantitative estimate of drug-likeness (QED) is 0.758. The van der Waals surface area contributed by atoms with Gasteiger partial charge >= 0.3 is 0 Å². The highest BCUT2D eigenvalue weighted by Gasteiger charge is 2.25. The Balaban J connectivity index is 1.60. The first-order valence-electron chi connectivity index (χ1n) is 8.86. The second-order valence-electron chi connectivity index (χ2n) is 6.72. The number of carbonyl (C=O) groups is 1. The maximum atomic E-state index is 12.2. The van der Waals surface area contributed by atoms with Crippen molar-refractivity contribution in [1.29, 1.82) is 0 Å². The first-order chi connectivity index (χ1) is 10.7. The highest BCUT2D eigenvalue weighted by molar-refractivity contribution is 5.78. The second kappa shape index (κ2) is 9.48. The number of carbonyl (C=O) groups excluding carboxylic acids is 1. The average molecular weight is 312 g/mol. The number of ether oxygens (including phenoxy) is 2. The summed E-state index contributed by atoms with van der Waals surface area (Å²) in [5, 5.41) is 3.11. The van der Waals surface area contributed by atoms with E-state index in [1.807, 2.05) is 0 Å². The van der Waals surface area contributed by atoms with Gasteiger partial charge in [-0.2, -0.15) is 0 Å². The first-order valence-corrected chi connectivity index (χ1v) is 8.86. The predicted octanol–water partition coefficient (Wildman–Crippen LogP) is 1.67. The van der Waals surface area contributed by atoms with Crippen molar-refractivity contribution in [2.75, 3.05) is 46.0 Å². The van der Waals surface area contributed by atoms with E-state index in [4.69, 9.17) is 9.47 Å². The Bertz CT molecular complexity index is 332. The van der Waals surface area contributed by atoms with Gasteiger partial charge in [-0.05, 0) is 45.1 Å². The third-order valence-corrected chi connectivity index (χ3v) is 4.87. The van der Waals surface area contributed by atoms with Crippen molar-refractivity contribution in [3.63, 3.8) is 0 Å². The predicted molar refractivity (Wildman–Crippen MR) is 86.8 cm³/mol. The number of nitrogens with one attached hydrogen (secondary N) is 1. The van der Waals surface area contributed by atoms with Crippen molar-refractivity contribution in [2.24, 2.45) is 11.8 Å². The van der Waals surface area contributed by atoms with Crippen molar-refractivity contribution >= 4 is 5.91 Å². The van der Waals surface area contributed by atoms with E-state index in [2.05, 4.69) is 24.1 Å². The molecule has 0 aliphatic carbocycles. The van der Waals surface area contributed by atoms with Crippen molar-refractivity contribution in [3.8, 4) is 0 Å². The van der Waals surface area contributed by atoms with Crippen LogP contribution in [0, 0.1) is 11.8 Å². The number of nitrogens with zero attached hydrogens (tertiary/aromatic N) is 1. The molecule has 2 atom stereocenters. The normalized spacial score (nSPS) is 26.4. The van der Waals surface area contributed by atoms with E-state index in [0.717, 1.165) is 71.7 Å². The highest BCUT2D eigenvalue weighted by Crippen LogP contribution is 2.23. The van der Waals surface area contributed by atoms with Gasteiger partial charge < -0.3 is 19.7 Å². The maximum Gasteiger partial charge on any atom is 0.223 e. The SMILES string of the molecule is C[C@@H]1CN(CCCNC(=O)[C@H](C)C2CCOCC2)CCCO1. The van der Waals surface area contributed by atoms with E-state index >= 15 is 0 Å². The number of rotatable bonds is 6. The molecule has 2 aliphatic rings. The zero-order valence-electron chi connectivity index (χ0n) is 14.2. The zero-order chi connectivity index (χ0) is 15.8. The van der Waals surface area contributed by atoms with Crippen LogP contribution >= 0.6 is 0 Å². The summed E-state index contributed by atoms with van der Waals surface area (Å²) in [4.78, 5) is 14.7. The lowest BCUT2D eigenvalue weighted by Crippen LogP contribution is -2.37. The Hall–Kier alpha value is -0.650. The van der Waals surface area contributed by atoms with Crippen LogP contribution < -0.4 is 5.32 Å². The van der Waals surface area contributed by atoms with Gasteiger partial charge in [-0.25, -0.2) is 0 Å². The molecule has 0 saturated carbocycles. The van der Waals surface area contributed by atoms with Crippen LogP contribution in [0.15, 0.2) is 0 Å². The molecule has 22 heavy (non-hydrogen) atoms. The van der Waals surface area contributed by atoms with Crippen molar-refractivity contribution in [3.05, 3.63) is 0 Å². The van der Waals surface area contributed by atoms with Gasteiger partial charge in [-0.15, -0.1) is 0 Å². The first kappa shape index (κ1) is 17.7. The molecule has 2 rings (SSSR count). The summed E-state index contributed by atoms with van der Waals surface area (Å²) < 4.78 is 11.0. The van der Waals surface area contributed by atoms with Gasteiger partial charge in [-0.1, -0.05) is 6.92 Å². The van der Waals surface area contributed by atoms with Gasteiger partial charge in [0.2, 0.25) is 5.91 Å². The molecule has 0 radical (unpaired) electrons. The molecule has 0 unspecified atom stereocenters. The summed E-state index contributed by atoms with van der Waals surface area (Å²) >= 11 is 0. The molecule has 5 nitrogen and oxygen atoms in total. The summed E-state index contributed by atoms with van der Waals surface area (Å²) in [6, 6.07) is 0. The number of amides is 1. The highest BCUT2D eigenvalue weighted by atomic mass is 16.5. The van der Waals surface area contributed by atoms with Crippen LogP contribution in [0.3, 0.4) is 0 Å². The molecule has 1 N–H and O–H groups in total. The van der Waals surface area contributed by atoms with Crippen LogP contribution in [-0.2, 0) is 14.3 Å². The van der Waals surface area contributed by atoms with Crippen LogP contribution in [-0.4, -0.2) is 62.9 Å². The van der Waals surface area contributed by atoms with Gasteiger partial charge in [0.25, 0.3) is 0 Å². The van der Waals surface area contributed by atoms with Crippen LogP contribution in [0.4, 0.5) is 0 Å². The molecule has 1 amide bonds. The minimum atomic E-state index is 0.107. The maximum absolute atomic E-state index is 12.2. The Morgan fingerprint density at radius 3 is 2.86 bits per heavy atom. The van der Waals surface area contributed by atoms with Crippen LogP contribution in [0.2, 0.25) is 0 Å². The summed E-state index contributed by atoms with van der Waals surface area (Å²) in [6.45, 7) is 10.6. The molecule has 128 valence electrons. The van der Waals surface area contributed by atoms with Gasteiger partial charge in [0.05, 0.1) is 6.10 Å². The molecular weight excluding hydrogens is 280 g/mol. The molecular formula is C17H32N2O3. The molecule has 2 saturated heterocycles. The lowest BCUT2D eigenvalue weighted by molar-refractivity contribution is -0.127. The fourth-order valence-electron chi connectivity index (χ4n) is 3.39.